The number of rotatable bonds is 4. The Kier molecular flexibility index (Phi) is 4.19. The van der Waals surface area contributed by atoms with Crippen LogP contribution in [0.2, 0.25) is 0 Å². The molecule has 0 atom stereocenters. The molecule has 0 saturated heterocycles. The topological polar surface area (TPSA) is 69.4 Å². The smallest absolute Gasteiger partial charge is 0.305 e. The molecule has 0 aromatic heterocycles. The van der Waals surface area contributed by atoms with Gasteiger partial charge in [0, 0.05) is 11.3 Å². The molecule has 0 aromatic rings. The van der Waals surface area contributed by atoms with Gasteiger partial charge in [-0.3, -0.25) is 14.9 Å². The fourth-order valence-corrected chi connectivity index (χ4v) is 0.336. The summed E-state index contributed by atoms with van der Waals surface area (Å²) in [4.78, 5) is 19.5. The van der Waals surface area contributed by atoms with Gasteiger partial charge in [0.05, 0.1) is 0 Å². The Hall–Kier alpha value is -1.13. The molecule has 0 saturated carbocycles. The molecule has 0 aliphatic heterocycles. The highest BCUT2D eigenvalue weighted by Crippen LogP contribution is 1.83. The number of nitrogens with zero attached hydrogens (tertiary/aromatic N) is 1. The summed E-state index contributed by atoms with van der Waals surface area (Å²) in [6, 6.07) is 0. The van der Waals surface area contributed by atoms with E-state index in [0.717, 1.165) is 0 Å². The summed E-state index contributed by atoms with van der Waals surface area (Å²) in [6.45, 7) is 1.19. The van der Waals surface area contributed by atoms with Crippen molar-refractivity contribution in [3.63, 3.8) is 0 Å². The van der Waals surface area contributed by atoms with Crippen LogP contribution in [-0.4, -0.2) is 24.0 Å². The lowest BCUT2D eigenvalue weighted by atomic mass is 10.5. The van der Waals surface area contributed by atoms with Crippen LogP contribution in [-0.2, 0) is 9.53 Å². The van der Waals surface area contributed by atoms with Gasteiger partial charge in [-0.2, -0.15) is 0 Å². The van der Waals surface area contributed by atoms with Crippen LogP contribution in [0.5, 0.6) is 0 Å². The highest BCUT2D eigenvalue weighted by atomic mass is 16.6. The van der Waals surface area contributed by atoms with Gasteiger partial charge in [0.1, 0.15) is 0 Å². The van der Waals surface area contributed by atoms with Crippen LogP contribution in [0, 0.1) is 10.1 Å². The van der Waals surface area contributed by atoms with Crippen LogP contribution >= 0.6 is 0 Å². The third-order valence-electron chi connectivity index (χ3n) is 0.826. The van der Waals surface area contributed by atoms with Gasteiger partial charge in [0.25, 0.3) is 0 Å². The van der Waals surface area contributed by atoms with Crippen LogP contribution in [0.15, 0.2) is 0 Å². The highest BCUT2D eigenvalue weighted by molar-refractivity contribution is 5.68. The van der Waals surface area contributed by atoms with Crippen molar-refractivity contribution in [1.29, 1.82) is 0 Å². The average Bonchev–Trinajstić information content (AvgIpc) is 1.87. The quantitative estimate of drug-likeness (QED) is 0.324. The van der Waals surface area contributed by atoms with E-state index in [4.69, 9.17) is 0 Å². The molecule has 0 rings (SSSR count). The summed E-state index contributed by atoms with van der Waals surface area (Å²) >= 11 is 0. The number of esters is 1. The fourth-order valence-electron chi connectivity index (χ4n) is 0.336. The zero-order valence-corrected chi connectivity index (χ0v) is 5.70. The standard InChI is InChI=1S/C5H9NO4/c1-2-5(7)10-4-3-6(8)9/h2-4H2,1H3. The molecule has 5 nitrogen and oxygen atoms in total. The van der Waals surface area contributed by atoms with Crippen molar-refractivity contribution in [1.82, 2.24) is 0 Å². The Morgan fingerprint density at radius 1 is 1.70 bits per heavy atom. The van der Waals surface area contributed by atoms with Crippen molar-refractivity contribution in [3.05, 3.63) is 10.1 Å². The van der Waals surface area contributed by atoms with Crippen LogP contribution < -0.4 is 0 Å². The first-order chi connectivity index (χ1) is 4.66. The monoisotopic (exact) mass is 147 g/mol. The van der Waals surface area contributed by atoms with E-state index in [2.05, 4.69) is 4.74 Å². The van der Waals surface area contributed by atoms with E-state index in [0.29, 0.717) is 0 Å². The second-order valence-electron chi connectivity index (χ2n) is 1.63. The van der Waals surface area contributed by atoms with E-state index in [-0.39, 0.29) is 19.6 Å². The van der Waals surface area contributed by atoms with E-state index in [9.17, 15) is 14.9 Å². The molecule has 0 spiro atoms. The molecule has 0 aromatic carbocycles. The van der Waals surface area contributed by atoms with Crippen molar-refractivity contribution in [2.24, 2.45) is 0 Å². The summed E-state index contributed by atoms with van der Waals surface area (Å²) in [5, 5.41) is 9.68. The number of carbonyl (C=O) groups is 1. The van der Waals surface area contributed by atoms with Crippen molar-refractivity contribution in [2.45, 2.75) is 13.3 Å². The predicted molar refractivity (Wildman–Crippen MR) is 33.1 cm³/mol. The molecule has 0 heterocycles. The van der Waals surface area contributed by atoms with E-state index < -0.39 is 10.9 Å². The van der Waals surface area contributed by atoms with E-state index >= 15 is 0 Å². The molecule has 0 aliphatic rings. The third-order valence-corrected chi connectivity index (χ3v) is 0.826. The number of ether oxygens (including phenoxy) is 1. The van der Waals surface area contributed by atoms with Crippen LogP contribution in [0.25, 0.3) is 0 Å². The Morgan fingerprint density at radius 2 is 2.30 bits per heavy atom. The molecule has 0 aliphatic carbocycles. The average molecular weight is 147 g/mol. The number of carbonyl (C=O) groups excluding carboxylic acids is 1. The highest BCUT2D eigenvalue weighted by Gasteiger charge is 2.00. The molecule has 0 radical (unpaired) electrons. The first kappa shape index (κ1) is 8.87. The third kappa shape index (κ3) is 5.02. The van der Waals surface area contributed by atoms with Crippen LogP contribution in [0.3, 0.4) is 0 Å². The van der Waals surface area contributed by atoms with Crippen LogP contribution in [0.1, 0.15) is 13.3 Å². The van der Waals surface area contributed by atoms with Crippen molar-refractivity contribution in [3.8, 4) is 0 Å². The van der Waals surface area contributed by atoms with Gasteiger partial charge in [-0.25, -0.2) is 0 Å². The minimum atomic E-state index is -0.525. The second-order valence-corrected chi connectivity index (χ2v) is 1.63. The Balaban J connectivity index is 3.20. The number of nitro groups is 1. The van der Waals surface area contributed by atoms with Crippen molar-refractivity contribution in [2.75, 3.05) is 13.2 Å². The predicted octanol–water partition coefficient (Wildman–Crippen LogP) is 0.216. The molecule has 5 heteroatoms. The fraction of sp³-hybridized carbons (Fsp3) is 0.800. The molecule has 58 valence electrons. The minimum Gasteiger partial charge on any atom is -0.459 e. The summed E-state index contributed by atoms with van der Waals surface area (Å²) in [5.74, 6) is -0.401. The normalized spacial score (nSPS) is 8.90. The maximum absolute atomic E-state index is 10.3. The lowest BCUT2D eigenvalue weighted by molar-refractivity contribution is -0.482. The molecular formula is C5H9NO4. The van der Waals surface area contributed by atoms with Gasteiger partial charge >= 0.3 is 5.97 Å². The minimum absolute atomic E-state index is 0.125. The zero-order valence-electron chi connectivity index (χ0n) is 5.70. The molecule has 0 N–H and O–H groups in total. The zero-order chi connectivity index (χ0) is 7.98. The van der Waals surface area contributed by atoms with Gasteiger partial charge in [-0.05, 0) is 0 Å². The van der Waals surface area contributed by atoms with Crippen LogP contribution in [0.4, 0.5) is 0 Å². The van der Waals surface area contributed by atoms with Gasteiger partial charge in [0.15, 0.2) is 6.61 Å². The molecule has 0 fully saturated rings. The van der Waals surface area contributed by atoms with E-state index in [1.54, 1.807) is 6.92 Å². The van der Waals surface area contributed by atoms with Gasteiger partial charge in [-0.1, -0.05) is 6.92 Å². The van der Waals surface area contributed by atoms with Crippen molar-refractivity contribution >= 4 is 5.97 Å². The summed E-state index contributed by atoms with van der Waals surface area (Å²) in [5.41, 5.74) is 0. The SMILES string of the molecule is CCC(=O)OCC[N+](=O)[O-]. The van der Waals surface area contributed by atoms with Gasteiger partial charge in [-0.15, -0.1) is 0 Å². The summed E-state index contributed by atoms with van der Waals surface area (Å²) < 4.78 is 4.42. The first-order valence-corrected chi connectivity index (χ1v) is 2.94. The lowest BCUT2D eigenvalue weighted by Crippen LogP contribution is -2.12. The molecule has 0 unspecified atom stereocenters. The molecular weight excluding hydrogens is 138 g/mol. The molecule has 0 bridgehead atoms. The lowest BCUT2D eigenvalue weighted by Gasteiger charge is -1.96. The molecule has 0 amide bonds. The van der Waals surface area contributed by atoms with E-state index in [1.807, 2.05) is 0 Å². The first-order valence-electron chi connectivity index (χ1n) is 2.94. The second kappa shape index (κ2) is 4.72. The molecule has 10 heavy (non-hydrogen) atoms. The van der Waals surface area contributed by atoms with Gasteiger partial charge in [0.2, 0.25) is 6.54 Å². The maximum Gasteiger partial charge on any atom is 0.305 e. The van der Waals surface area contributed by atoms with Crippen molar-refractivity contribution < 1.29 is 14.5 Å². The largest absolute Gasteiger partial charge is 0.459 e. The summed E-state index contributed by atoms with van der Waals surface area (Å²) in [6.07, 6.45) is 0.262. The number of hydrogen-bond donors (Lipinski definition) is 0. The number of hydrogen-bond acceptors (Lipinski definition) is 4. The summed E-state index contributed by atoms with van der Waals surface area (Å²) in [7, 11) is 0. The van der Waals surface area contributed by atoms with E-state index in [1.165, 1.54) is 0 Å². The maximum atomic E-state index is 10.3. The Labute approximate surface area is 58.1 Å². The van der Waals surface area contributed by atoms with Gasteiger partial charge < -0.3 is 4.74 Å². The Bertz CT molecular complexity index is 134. The Morgan fingerprint density at radius 3 is 2.70 bits per heavy atom.